The van der Waals surface area contributed by atoms with E-state index >= 15 is 0 Å². The van der Waals surface area contributed by atoms with Gasteiger partial charge in [0.15, 0.2) is 0 Å². The summed E-state index contributed by atoms with van der Waals surface area (Å²) in [5.74, 6) is -1.32. The molecule has 2 unspecified atom stereocenters. The van der Waals surface area contributed by atoms with Crippen molar-refractivity contribution in [2.75, 3.05) is 0 Å². The van der Waals surface area contributed by atoms with Crippen LogP contribution in [0.5, 0.6) is 0 Å². The highest BCUT2D eigenvalue weighted by Gasteiger charge is 2.28. The topological polar surface area (TPSA) is 66.4 Å². The van der Waals surface area contributed by atoms with Crippen LogP contribution in [0.15, 0.2) is 12.2 Å². The fourth-order valence-corrected chi connectivity index (χ4v) is 1.50. The third-order valence-electron chi connectivity index (χ3n) is 2.10. The van der Waals surface area contributed by atoms with Gasteiger partial charge >= 0.3 is 5.97 Å². The van der Waals surface area contributed by atoms with Crippen LogP contribution in [-0.4, -0.2) is 23.0 Å². The summed E-state index contributed by atoms with van der Waals surface area (Å²) in [5.41, 5.74) is 0. The number of hydrogen-bond donors (Lipinski definition) is 2. The van der Waals surface area contributed by atoms with Gasteiger partial charge in [-0.2, -0.15) is 0 Å². The summed E-state index contributed by atoms with van der Waals surface area (Å²) in [6, 6.07) is -0.767. The highest BCUT2D eigenvalue weighted by molar-refractivity contribution is 5.82. The number of carbonyl (C=O) groups excluding carboxylic acids is 1. The molecule has 0 aromatic heterocycles. The van der Waals surface area contributed by atoms with Crippen molar-refractivity contribution in [1.82, 2.24) is 5.32 Å². The second kappa shape index (κ2) is 4.07. The normalized spacial score (nSPS) is 22.7. The van der Waals surface area contributed by atoms with Crippen LogP contribution >= 0.6 is 0 Å². The maximum Gasteiger partial charge on any atom is 0.326 e. The number of hydrogen-bond acceptors (Lipinski definition) is 2. The van der Waals surface area contributed by atoms with E-state index in [0.717, 1.165) is 12.8 Å². The van der Waals surface area contributed by atoms with E-state index in [1.807, 2.05) is 12.2 Å². The number of carboxylic acid groups (broad SMARTS) is 1. The van der Waals surface area contributed by atoms with Gasteiger partial charge in [-0.3, -0.25) is 4.79 Å². The lowest BCUT2D eigenvalue weighted by Gasteiger charge is -2.18. The van der Waals surface area contributed by atoms with Gasteiger partial charge in [-0.15, -0.1) is 0 Å². The summed E-state index contributed by atoms with van der Waals surface area (Å²) < 4.78 is 0. The number of rotatable bonds is 3. The molecule has 1 rings (SSSR count). The summed E-state index contributed by atoms with van der Waals surface area (Å²) in [7, 11) is 0. The molecular weight excluding hydrogens is 170 g/mol. The Bertz CT molecular complexity index is 247. The molecule has 0 aromatic rings. The van der Waals surface area contributed by atoms with Crippen molar-refractivity contribution in [3.05, 3.63) is 12.2 Å². The SMILES string of the molecule is CC(=O)NC(C(=O)O)C1C=CCC1. The Hall–Kier alpha value is -1.32. The first-order valence-corrected chi connectivity index (χ1v) is 4.28. The smallest absolute Gasteiger partial charge is 0.326 e. The zero-order valence-electron chi connectivity index (χ0n) is 7.49. The maximum absolute atomic E-state index is 10.8. The molecule has 1 aliphatic carbocycles. The Labute approximate surface area is 76.6 Å². The van der Waals surface area contributed by atoms with E-state index in [-0.39, 0.29) is 11.8 Å². The standard InChI is InChI=1S/C9H13NO3/c1-6(11)10-8(9(12)13)7-4-2-3-5-7/h2,4,7-8H,3,5H2,1H3,(H,10,11)(H,12,13). The minimum Gasteiger partial charge on any atom is -0.480 e. The lowest BCUT2D eigenvalue weighted by Crippen LogP contribution is -2.44. The third-order valence-corrected chi connectivity index (χ3v) is 2.10. The van der Waals surface area contributed by atoms with Crippen LogP contribution < -0.4 is 5.32 Å². The molecule has 2 N–H and O–H groups in total. The molecule has 72 valence electrons. The van der Waals surface area contributed by atoms with E-state index < -0.39 is 12.0 Å². The molecule has 0 bridgehead atoms. The maximum atomic E-state index is 10.8. The highest BCUT2D eigenvalue weighted by Crippen LogP contribution is 2.20. The number of aliphatic carboxylic acids is 1. The first-order valence-electron chi connectivity index (χ1n) is 4.28. The molecule has 0 spiro atoms. The number of carboxylic acids is 1. The molecule has 0 heterocycles. The number of allylic oxidation sites excluding steroid dienone is 1. The van der Waals surface area contributed by atoms with Crippen LogP contribution in [0.3, 0.4) is 0 Å². The van der Waals surface area contributed by atoms with Crippen LogP contribution in [0.1, 0.15) is 19.8 Å². The van der Waals surface area contributed by atoms with Gasteiger partial charge in [-0.05, 0) is 12.8 Å². The van der Waals surface area contributed by atoms with Gasteiger partial charge in [0.1, 0.15) is 6.04 Å². The molecule has 0 saturated carbocycles. The summed E-state index contributed by atoms with van der Waals surface area (Å²) >= 11 is 0. The molecular formula is C9H13NO3. The van der Waals surface area contributed by atoms with Crippen molar-refractivity contribution in [1.29, 1.82) is 0 Å². The van der Waals surface area contributed by atoms with Crippen LogP contribution in [-0.2, 0) is 9.59 Å². The molecule has 4 nitrogen and oxygen atoms in total. The summed E-state index contributed by atoms with van der Waals surface area (Å²) in [6.45, 7) is 1.33. The van der Waals surface area contributed by atoms with Crippen molar-refractivity contribution in [3.63, 3.8) is 0 Å². The molecule has 1 aliphatic rings. The Kier molecular flexibility index (Phi) is 3.06. The zero-order valence-corrected chi connectivity index (χ0v) is 7.49. The molecule has 0 aliphatic heterocycles. The quantitative estimate of drug-likeness (QED) is 0.627. The predicted octanol–water partition coefficient (Wildman–Crippen LogP) is 0.542. The van der Waals surface area contributed by atoms with Crippen molar-refractivity contribution in [2.24, 2.45) is 5.92 Å². The van der Waals surface area contributed by atoms with Gasteiger partial charge in [0.2, 0.25) is 5.91 Å². The highest BCUT2D eigenvalue weighted by atomic mass is 16.4. The van der Waals surface area contributed by atoms with E-state index in [1.54, 1.807) is 0 Å². The van der Waals surface area contributed by atoms with Crippen molar-refractivity contribution < 1.29 is 14.7 Å². The van der Waals surface area contributed by atoms with E-state index in [0.29, 0.717) is 0 Å². The Morgan fingerprint density at radius 2 is 2.31 bits per heavy atom. The monoisotopic (exact) mass is 183 g/mol. The van der Waals surface area contributed by atoms with Crippen molar-refractivity contribution >= 4 is 11.9 Å². The van der Waals surface area contributed by atoms with Crippen LogP contribution in [0.25, 0.3) is 0 Å². The van der Waals surface area contributed by atoms with Crippen molar-refractivity contribution in [2.45, 2.75) is 25.8 Å². The second-order valence-corrected chi connectivity index (χ2v) is 3.19. The van der Waals surface area contributed by atoms with Gasteiger partial charge in [0, 0.05) is 12.8 Å². The average Bonchev–Trinajstić information content (AvgIpc) is 2.50. The number of amides is 1. The summed E-state index contributed by atoms with van der Waals surface area (Å²) in [6.07, 6.45) is 5.50. The predicted molar refractivity (Wildman–Crippen MR) is 47.1 cm³/mol. The summed E-state index contributed by atoms with van der Waals surface area (Å²) in [4.78, 5) is 21.5. The summed E-state index contributed by atoms with van der Waals surface area (Å²) in [5, 5.41) is 11.3. The van der Waals surface area contributed by atoms with Crippen LogP contribution in [0, 0.1) is 5.92 Å². The first kappa shape index (κ1) is 9.77. The largest absolute Gasteiger partial charge is 0.480 e. The van der Waals surface area contributed by atoms with Gasteiger partial charge in [-0.1, -0.05) is 12.2 Å². The van der Waals surface area contributed by atoms with E-state index in [9.17, 15) is 9.59 Å². The fraction of sp³-hybridized carbons (Fsp3) is 0.556. The second-order valence-electron chi connectivity index (χ2n) is 3.19. The molecule has 0 aromatic carbocycles. The Balaban J connectivity index is 2.61. The van der Waals surface area contributed by atoms with Crippen molar-refractivity contribution in [3.8, 4) is 0 Å². The van der Waals surface area contributed by atoms with Crippen LogP contribution in [0.2, 0.25) is 0 Å². The lowest BCUT2D eigenvalue weighted by molar-refractivity contribution is -0.142. The Morgan fingerprint density at radius 3 is 2.69 bits per heavy atom. The lowest BCUT2D eigenvalue weighted by atomic mass is 9.99. The minimum absolute atomic E-state index is 0.0543. The van der Waals surface area contributed by atoms with Gasteiger partial charge < -0.3 is 10.4 Å². The van der Waals surface area contributed by atoms with Gasteiger partial charge in [0.05, 0.1) is 0 Å². The van der Waals surface area contributed by atoms with E-state index in [1.165, 1.54) is 6.92 Å². The first-order chi connectivity index (χ1) is 6.11. The zero-order chi connectivity index (χ0) is 9.84. The molecule has 2 atom stereocenters. The molecule has 4 heteroatoms. The third kappa shape index (κ3) is 2.57. The number of carbonyl (C=O) groups is 2. The minimum atomic E-state index is -0.966. The number of nitrogens with one attached hydrogen (secondary N) is 1. The molecule has 13 heavy (non-hydrogen) atoms. The van der Waals surface area contributed by atoms with E-state index in [2.05, 4.69) is 5.32 Å². The molecule has 0 radical (unpaired) electrons. The Morgan fingerprint density at radius 1 is 1.62 bits per heavy atom. The van der Waals surface area contributed by atoms with Crippen LogP contribution in [0.4, 0.5) is 0 Å². The van der Waals surface area contributed by atoms with Gasteiger partial charge in [-0.25, -0.2) is 4.79 Å². The van der Waals surface area contributed by atoms with Gasteiger partial charge in [0.25, 0.3) is 0 Å². The average molecular weight is 183 g/mol. The molecule has 1 amide bonds. The fourth-order valence-electron chi connectivity index (χ4n) is 1.50. The van der Waals surface area contributed by atoms with E-state index in [4.69, 9.17) is 5.11 Å². The molecule has 0 fully saturated rings. The molecule has 0 saturated heterocycles.